The maximum atomic E-state index is 10.2. The number of nitrogens with one attached hydrogen (secondary N) is 1. The lowest BCUT2D eigenvalue weighted by Crippen LogP contribution is -2.46. The van der Waals surface area contributed by atoms with Crippen molar-refractivity contribution >= 4 is 28.5 Å². The maximum Gasteiger partial charge on any atom is 0.229 e. The van der Waals surface area contributed by atoms with Crippen LogP contribution in [0.2, 0.25) is 0 Å². The van der Waals surface area contributed by atoms with Gasteiger partial charge in [-0.2, -0.15) is 0 Å². The second-order valence-corrected chi connectivity index (χ2v) is 9.91. The van der Waals surface area contributed by atoms with Crippen LogP contribution in [0.3, 0.4) is 0 Å². The van der Waals surface area contributed by atoms with Crippen molar-refractivity contribution < 1.29 is 15.3 Å². The van der Waals surface area contributed by atoms with E-state index in [4.69, 9.17) is 15.1 Å². The molecule has 0 saturated carbocycles. The van der Waals surface area contributed by atoms with Crippen LogP contribution < -0.4 is 10.2 Å². The van der Waals surface area contributed by atoms with E-state index in [1.807, 2.05) is 18.3 Å². The molecule has 198 valence electrons. The molecule has 0 aliphatic carbocycles. The molecule has 2 aliphatic heterocycles. The lowest BCUT2D eigenvalue weighted by molar-refractivity contribution is 0.108. The molecule has 0 spiro atoms. The molecular weight excluding hydrogens is 472 g/mol. The lowest BCUT2D eigenvalue weighted by Gasteiger charge is -2.34. The fourth-order valence-corrected chi connectivity index (χ4v) is 4.89. The molecule has 3 aromatic rings. The van der Waals surface area contributed by atoms with Gasteiger partial charge >= 0.3 is 0 Å². The number of nitrogens with zero attached hydrogens (tertiary/aromatic N) is 7. The average Bonchev–Trinajstić information content (AvgIpc) is 2.91. The first-order valence-electron chi connectivity index (χ1n) is 13.0. The molecule has 0 bridgehead atoms. The Hall–Kier alpha value is -2.96. The number of hydrogen-bond acceptors (Lipinski definition) is 11. The van der Waals surface area contributed by atoms with Gasteiger partial charge in [0.15, 0.2) is 5.82 Å². The van der Waals surface area contributed by atoms with Gasteiger partial charge in [-0.25, -0.2) is 19.9 Å². The summed E-state index contributed by atoms with van der Waals surface area (Å²) in [6, 6.07) is 5.83. The molecule has 0 aromatic carbocycles. The summed E-state index contributed by atoms with van der Waals surface area (Å²) in [6.45, 7) is 8.76. The monoisotopic (exact) mass is 508 g/mol. The number of aromatic nitrogens is 4. The number of fused-ring (bicyclic) bond motifs is 1. The Morgan fingerprint density at radius 1 is 1.00 bits per heavy atom. The Morgan fingerprint density at radius 3 is 2.43 bits per heavy atom. The van der Waals surface area contributed by atoms with Crippen LogP contribution in [0, 0.1) is 0 Å². The maximum absolute atomic E-state index is 10.2. The molecule has 5 rings (SSSR count). The van der Waals surface area contributed by atoms with E-state index in [9.17, 15) is 10.2 Å². The summed E-state index contributed by atoms with van der Waals surface area (Å²) in [5.41, 5.74) is 2.42. The smallest absolute Gasteiger partial charge is 0.229 e. The number of aliphatic hydroxyl groups excluding tert-OH is 3. The van der Waals surface area contributed by atoms with Gasteiger partial charge in [0.1, 0.15) is 11.3 Å². The zero-order valence-corrected chi connectivity index (χ0v) is 21.3. The van der Waals surface area contributed by atoms with Crippen molar-refractivity contribution in [1.29, 1.82) is 0 Å². The first kappa shape index (κ1) is 25.7. The van der Waals surface area contributed by atoms with Crippen molar-refractivity contribution in [1.82, 2.24) is 29.7 Å². The first-order valence-corrected chi connectivity index (χ1v) is 13.0. The van der Waals surface area contributed by atoms with Crippen molar-refractivity contribution in [3.8, 4) is 0 Å². The molecule has 0 radical (unpaired) electrons. The van der Waals surface area contributed by atoms with Gasteiger partial charge in [0, 0.05) is 70.1 Å². The summed E-state index contributed by atoms with van der Waals surface area (Å²) in [7, 11) is 0. The number of pyridine rings is 2. The Labute approximate surface area is 216 Å². The van der Waals surface area contributed by atoms with Crippen molar-refractivity contribution in [2.24, 2.45) is 0 Å². The van der Waals surface area contributed by atoms with E-state index in [-0.39, 0.29) is 12.7 Å². The topological polar surface area (TPSA) is 134 Å². The molecule has 0 amide bonds. The van der Waals surface area contributed by atoms with E-state index in [2.05, 4.69) is 36.1 Å². The van der Waals surface area contributed by atoms with E-state index in [0.29, 0.717) is 54.7 Å². The fourth-order valence-electron chi connectivity index (χ4n) is 4.89. The highest BCUT2D eigenvalue weighted by Crippen LogP contribution is 2.29. The van der Waals surface area contributed by atoms with Gasteiger partial charge in [-0.15, -0.1) is 0 Å². The van der Waals surface area contributed by atoms with Crippen LogP contribution in [0.4, 0.5) is 17.6 Å². The van der Waals surface area contributed by atoms with E-state index in [0.717, 1.165) is 50.2 Å². The van der Waals surface area contributed by atoms with Gasteiger partial charge in [-0.05, 0) is 37.5 Å². The molecular formula is C26H36N8O3. The number of aliphatic hydroxyl groups is 3. The van der Waals surface area contributed by atoms with Gasteiger partial charge in [-0.3, -0.25) is 9.80 Å². The Balaban J connectivity index is 1.29. The van der Waals surface area contributed by atoms with Gasteiger partial charge in [0.2, 0.25) is 5.95 Å². The van der Waals surface area contributed by atoms with Crippen LogP contribution in [0.15, 0.2) is 30.6 Å². The zero-order valence-electron chi connectivity index (χ0n) is 21.3. The normalized spacial score (nSPS) is 18.9. The van der Waals surface area contributed by atoms with Crippen LogP contribution in [0.25, 0.3) is 10.9 Å². The minimum absolute atomic E-state index is 0.211. The average molecular weight is 509 g/mol. The summed E-state index contributed by atoms with van der Waals surface area (Å²) in [5, 5.41) is 33.2. The van der Waals surface area contributed by atoms with Gasteiger partial charge in [0.25, 0.3) is 0 Å². The highest BCUT2D eigenvalue weighted by atomic mass is 16.3. The number of piperazine rings is 1. The molecule has 11 nitrogen and oxygen atoms in total. The van der Waals surface area contributed by atoms with Crippen LogP contribution >= 0.6 is 0 Å². The van der Waals surface area contributed by atoms with Crippen molar-refractivity contribution in [3.63, 3.8) is 0 Å². The van der Waals surface area contributed by atoms with E-state index in [1.165, 1.54) is 0 Å². The molecule has 3 aromatic heterocycles. The largest absolute Gasteiger partial charge is 0.395 e. The fraction of sp³-hybridized carbons (Fsp3) is 0.538. The minimum atomic E-state index is -0.705. The number of hydrogen-bond donors (Lipinski definition) is 4. The predicted molar refractivity (Wildman–Crippen MR) is 142 cm³/mol. The second-order valence-electron chi connectivity index (χ2n) is 9.91. The Bertz CT molecular complexity index is 1180. The molecule has 2 fully saturated rings. The molecule has 37 heavy (non-hydrogen) atoms. The third kappa shape index (κ3) is 6.31. The summed E-state index contributed by atoms with van der Waals surface area (Å²) < 4.78 is 0. The highest BCUT2D eigenvalue weighted by molar-refractivity contribution is 5.89. The quantitative estimate of drug-likeness (QED) is 0.351. The molecule has 5 heterocycles. The number of anilines is 3. The summed E-state index contributed by atoms with van der Waals surface area (Å²) in [6.07, 6.45) is 3.97. The molecule has 2 aliphatic rings. The van der Waals surface area contributed by atoms with Gasteiger partial charge < -0.3 is 25.5 Å². The molecule has 1 atom stereocenters. The van der Waals surface area contributed by atoms with Crippen molar-refractivity contribution in [3.05, 3.63) is 41.9 Å². The Morgan fingerprint density at radius 2 is 1.76 bits per heavy atom. The van der Waals surface area contributed by atoms with Crippen LogP contribution in [-0.2, 0) is 6.54 Å². The summed E-state index contributed by atoms with van der Waals surface area (Å²) in [4.78, 5) is 25.3. The van der Waals surface area contributed by atoms with E-state index in [1.54, 1.807) is 13.1 Å². The molecule has 4 N–H and O–H groups in total. The lowest BCUT2D eigenvalue weighted by atomic mass is 10.1. The van der Waals surface area contributed by atoms with Gasteiger partial charge in [0.05, 0.1) is 24.5 Å². The first-order chi connectivity index (χ1) is 18.0. The molecule has 11 heteroatoms. The van der Waals surface area contributed by atoms with E-state index >= 15 is 0 Å². The molecule has 2 saturated heterocycles. The summed E-state index contributed by atoms with van der Waals surface area (Å²) in [5.74, 6) is 1.79. The number of β-amino-alcohol motifs (C(OH)–C–C–N with tert-alkyl or cyclic N) is 1. The van der Waals surface area contributed by atoms with Crippen LogP contribution in [0.5, 0.6) is 0 Å². The number of piperidine rings is 1. The third-order valence-corrected chi connectivity index (χ3v) is 7.11. The SMILES string of the molecule is CC(O)c1cc2cnc(Nc3ccc(CN4CCN(CCO)CC4)cn3)nc2c(N2CCC(O)CC2)n1. The van der Waals surface area contributed by atoms with Crippen molar-refractivity contribution in [2.45, 2.75) is 38.5 Å². The third-order valence-electron chi connectivity index (χ3n) is 7.11. The van der Waals surface area contributed by atoms with Crippen LogP contribution in [-0.4, -0.2) is 104 Å². The highest BCUT2D eigenvalue weighted by Gasteiger charge is 2.23. The predicted octanol–water partition coefficient (Wildman–Crippen LogP) is 1.29. The van der Waals surface area contributed by atoms with E-state index < -0.39 is 6.10 Å². The summed E-state index contributed by atoms with van der Waals surface area (Å²) >= 11 is 0. The minimum Gasteiger partial charge on any atom is -0.395 e. The second kappa shape index (κ2) is 11.6. The standard InChI is InChI=1S/C26H36N8O3/c1-18(36)22-14-20-16-28-26(31-24(20)25(29-22)34-6-4-21(37)5-7-34)30-23-3-2-19(15-27-23)17-33-10-8-32(9-11-33)12-13-35/h2-3,14-16,18,21,35-37H,4-13,17H2,1H3,(H,27,28,30,31). The van der Waals surface area contributed by atoms with Gasteiger partial charge in [-0.1, -0.05) is 6.07 Å². The Kier molecular flexibility index (Phi) is 8.06. The zero-order chi connectivity index (χ0) is 25.8. The molecule has 1 unspecified atom stereocenters. The number of rotatable bonds is 8. The van der Waals surface area contributed by atoms with Crippen molar-refractivity contribution in [2.75, 3.05) is 62.6 Å². The van der Waals surface area contributed by atoms with Crippen LogP contribution in [0.1, 0.15) is 37.1 Å².